The fourth-order valence-corrected chi connectivity index (χ4v) is 2.26. The number of methoxy groups -OCH3 is 1. The summed E-state index contributed by atoms with van der Waals surface area (Å²) < 4.78 is 19.4. The van der Waals surface area contributed by atoms with E-state index >= 15 is 0 Å². The molecular weight excluding hydrogens is 323 g/mol. The van der Waals surface area contributed by atoms with Crippen molar-refractivity contribution in [1.82, 2.24) is 10.3 Å². The lowest BCUT2D eigenvalue weighted by atomic mass is 10.1. The van der Waals surface area contributed by atoms with Gasteiger partial charge in [-0.2, -0.15) is 0 Å². The number of hydrogen-bond donors (Lipinski definition) is 1. The van der Waals surface area contributed by atoms with Crippen LogP contribution in [0, 0.1) is 5.82 Å². The Hall–Kier alpha value is -1.46. The molecule has 5 heteroatoms. The lowest BCUT2D eigenvalue weighted by Gasteiger charge is -2.15. The predicted molar refractivity (Wildman–Crippen MR) is 80.1 cm³/mol. The zero-order valence-corrected chi connectivity index (χ0v) is 12.9. The quantitative estimate of drug-likeness (QED) is 0.841. The number of nitrogens with one attached hydrogen (secondary N) is 1. The van der Waals surface area contributed by atoms with Gasteiger partial charge in [-0.25, -0.2) is 9.37 Å². The number of benzene rings is 1. The number of halogens is 2. The van der Waals surface area contributed by atoms with Crippen molar-refractivity contribution in [2.45, 2.75) is 19.5 Å². The Morgan fingerprint density at radius 3 is 2.80 bits per heavy atom. The van der Waals surface area contributed by atoms with Crippen LogP contribution < -0.4 is 10.1 Å². The smallest absolute Gasteiger partial charge is 0.165 e. The second kappa shape index (κ2) is 6.81. The molecule has 0 saturated heterocycles. The molecule has 1 aromatic carbocycles. The molecule has 0 amide bonds. The minimum atomic E-state index is -0.348. The largest absolute Gasteiger partial charge is 0.494 e. The van der Waals surface area contributed by atoms with Crippen molar-refractivity contribution >= 4 is 15.9 Å². The van der Waals surface area contributed by atoms with Crippen LogP contribution in [0.2, 0.25) is 0 Å². The first-order valence-corrected chi connectivity index (χ1v) is 7.07. The second-order valence-corrected chi connectivity index (χ2v) is 5.26. The average molecular weight is 339 g/mol. The Bertz CT molecular complexity index is 592. The molecule has 0 unspecified atom stereocenters. The van der Waals surface area contributed by atoms with E-state index in [1.165, 1.54) is 13.2 Å². The van der Waals surface area contributed by atoms with E-state index in [-0.39, 0.29) is 17.6 Å². The predicted octanol–water partition coefficient (Wildman–Crippen LogP) is 3.84. The number of pyridine rings is 1. The first-order chi connectivity index (χ1) is 9.60. The summed E-state index contributed by atoms with van der Waals surface area (Å²) in [6, 6.07) is 10.8. The van der Waals surface area contributed by atoms with Gasteiger partial charge in [-0.05, 0) is 52.7 Å². The highest BCUT2D eigenvalue weighted by molar-refractivity contribution is 9.10. The molecule has 1 heterocycles. The van der Waals surface area contributed by atoms with Crippen molar-refractivity contribution in [2.75, 3.05) is 7.11 Å². The van der Waals surface area contributed by atoms with Gasteiger partial charge in [0.2, 0.25) is 0 Å². The Kier molecular flexibility index (Phi) is 5.09. The summed E-state index contributed by atoms with van der Waals surface area (Å²) in [5.41, 5.74) is 1.80. The van der Waals surface area contributed by atoms with Gasteiger partial charge in [-0.1, -0.05) is 12.1 Å². The summed E-state index contributed by atoms with van der Waals surface area (Å²) in [5, 5.41) is 3.32. The zero-order valence-electron chi connectivity index (χ0n) is 11.4. The molecule has 1 aromatic heterocycles. The first-order valence-electron chi connectivity index (χ1n) is 6.28. The maximum atomic E-state index is 13.7. The molecule has 2 aromatic rings. The van der Waals surface area contributed by atoms with Crippen molar-refractivity contribution in [2.24, 2.45) is 0 Å². The van der Waals surface area contributed by atoms with Crippen LogP contribution in [0.4, 0.5) is 4.39 Å². The highest BCUT2D eigenvalue weighted by Gasteiger charge is 2.09. The molecule has 0 spiro atoms. The highest BCUT2D eigenvalue weighted by atomic mass is 79.9. The maximum Gasteiger partial charge on any atom is 0.165 e. The normalized spacial score (nSPS) is 12.2. The fraction of sp³-hybridized carbons (Fsp3) is 0.267. The summed E-state index contributed by atoms with van der Waals surface area (Å²) in [6.45, 7) is 2.60. The van der Waals surface area contributed by atoms with Gasteiger partial charge in [0.1, 0.15) is 4.60 Å². The van der Waals surface area contributed by atoms with Crippen molar-refractivity contribution in [3.8, 4) is 5.75 Å². The third kappa shape index (κ3) is 3.77. The number of ether oxygens (including phenoxy) is 1. The summed E-state index contributed by atoms with van der Waals surface area (Å²) in [5.74, 6) is -0.0890. The van der Waals surface area contributed by atoms with E-state index in [0.717, 1.165) is 15.9 Å². The van der Waals surface area contributed by atoms with Gasteiger partial charge in [-0.15, -0.1) is 0 Å². The van der Waals surface area contributed by atoms with E-state index in [4.69, 9.17) is 4.74 Å². The highest BCUT2D eigenvalue weighted by Crippen LogP contribution is 2.21. The lowest BCUT2D eigenvalue weighted by Crippen LogP contribution is -2.19. The van der Waals surface area contributed by atoms with Crippen LogP contribution >= 0.6 is 15.9 Å². The molecule has 106 valence electrons. The van der Waals surface area contributed by atoms with E-state index in [9.17, 15) is 4.39 Å². The molecule has 3 nitrogen and oxygen atoms in total. The van der Waals surface area contributed by atoms with Crippen LogP contribution in [0.25, 0.3) is 0 Å². The molecule has 1 atom stereocenters. The first kappa shape index (κ1) is 14.9. The summed E-state index contributed by atoms with van der Waals surface area (Å²) in [7, 11) is 1.46. The molecule has 0 bridgehead atoms. The summed E-state index contributed by atoms with van der Waals surface area (Å²) in [4.78, 5) is 4.34. The minimum absolute atomic E-state index is 0.0242. The molecule has 0 fully saturated rings. The van der Waals surface area contributed by atoms with E-state index in [2.05, 4.69) is 26.2 Å². The SMILES string of the molecule is COc1ccc([C@H](C)NCc2cccc(Br)n2)cc1F. The topological polar surface area (TPSA) is 34.1 Å². The van der Waals surface area contributed by atoms with Crippen molar-refractivity contribution in [1.29, 1.82) is 0 Å². The van der Waals surface area contributed by atoms with Gasteiger partial charge in [0, 0.05) is 12.6 Å². The standard InChI is InChI=1S/C15H16BrFN2O/c1-10(11-6-7-14(20-2)13(17)8-11)18-9-12-4-3-5-15(16)19-12/h3-8,10,18H,9H2,1-2H3/t10-/m0/s1. The van der Waals surface area contributed by atoms with Crippen LogP contribution in [0.5, 0.6) is 5.75 Å². The number of hydrogen-bond acceptors (Lipinski definition) is 3. The average Bonchev–Trinajstić information content (AvgIpc) is 2.44. The van der Waals surface area contributed by atoms with Gasteiger partial charge in [0.05, 0.1) is 12.8 Å². The summed E-state index contributed by atoms with van der Waals surface area (Å²) >= 11 is 3.34. The van der Waals surface area contributed by atoms with E-state index in [1.807, 2.05) is 31.2 Å². The molecule has 2 rings (SSSR count). The van der Waals surface area contributed by atoms with Crippen LogP contribution in [-0.2, 0) is 6.54 Å². The zero-order chi connectivity index (χ0) is 14.5. The molecule has 0 aliphatic rings. The third-order valence-corrected chi connectivity index (χ3v) is 3.48. The molecule has 0 saturated carbocycles. The third-order valence-electron chi connectivity index (χ3n) is 3.04. The van der Waals surface area contributed by atoms with Crippen molar-refractivity contribution < 1.29 is 9.13 Å². The van der Waals surface area contributed by atoms with Crippen LogP contribution in [-0.4, -0.2) is 12.1 Å². The van der Waals surface area contributed by atoms with E-state index in [0.29, 0.717) is 6.54 Å². The van der Waals surface area contributed by atoms with Crippen molar-refractivity contribution in [3.63, 3.8) is 0 Å². The van der Waals surface area contributed by atoms with Crippen molar-refractivity contribution in [3.05, 3.63) is 58.1 Å². The monoisotopic (exact) mass is 338 g/mol. The van der Waals surface area contributed by atoms with Gasteiger partial charge in [0.15, 0.2) is 11.6 Å². The van der Waals surface area contributed by atoms with Crippen LogP contribution in [0.15, 0.2) is 41.0 Å². The molecule has 1 N–H and O–H groups in total. The summed E-state index contributed by atoms with van der Waals surface area (Å²) in [6.07, 6.45) is 0. The van der Waals surface area contributed by atoms with E-state index in [1.54, 1.807) is 6.07 Å². The Balaban J connectivity index is 2.01. The molecular formula is C15H16BrFN2O. The van der Waals surface area contributed by atoms with Gasteiger partial charge >= 0.3 is 0 Å². The van der Waals surface area contributed by atoms with Crippen LogP contribution in [0.3, 0.4) is 0 Å². The second-order valence-electron chi connectivity index (χ2n) is 4.45. The van der Waals surface area contributed by atoms with Gasteiger partial charge in [0.25, 0.3) is 0 Å². The number of aromatic nitrogens is 1. The molecule has 0 radical (unpaired) electrons. The fourth-order valence-electron chi connectivity index (χ4n) is 1.88. The minimum Gasteiger partial charge on any atom is -0.494 e. The van der Waals surface area contributed by atoms with Gasteiger partial charge < -0.3 is 10.1 Å². The Labute approximate surface area is 126 Å². The maximum absolute atomic E-state index is 13.7. The van der Waals surface area contributed by atoms with E-state index < -0.39 is 0 Å². The lowest BCUT2D eigenvalue weighted by molar-refractivity contribution is 0.385. The van der Waals surface area contributed by atoms with Gasteiger partial charge in [-0.3, -0.25) is 0 Å². The molecule has 20 heavy (non-hydrogen) atoms. The number of nitrogens with zero attached hydrogens (tertiary/aromatic N) is 1. The number of rotatable bonds is 5. The molecule has 0 aliphatic heterocycles. The Morgan fingerprint density at radius 2 is 2.15 bits per heavy atom. The van der Waals surface area contributed by atoms with Crippen LogP contribution in [0.1, 0.15) is 24.2 Å². The molecule has 0 aliphatic carbocycles. The Morgan fingerprint density at radius 1 is 1.35 bits per heavy atom.